The van der Waals surface area contributed by atoms with Crippen LogP contribution in [0, 0.1) is 0 Å². The minimum atomic E-state index is 0.0567. The number of nitrogen functional groups attached to an aromatic ring is 1. The van der Waals surface area contributed by atoms with Gasteiger partial charge in [-0.25, -0.2) is 4.98 Å². The number of aromatic nitrogens is 1. The van der Waals surface area contributed by atoms with Crippen LogP contribution in [-0.2, 0) is 0 Å². The highest BCUT2D eigenvalue weighted by molar-refractivity contribution is 9.10. The number of nitrogens with one attached hydrogen (secondary N) is 1. The van der Waals surface area contributed by atoms with Crippen LogP contribution in [0.15, 0.2) is 16.7 Å². The third-order valence-electron chi connectivity index (χ3n) is 2.78. The lowest BCUT2D eigenvalue weighted by Gasteiger charge is -2.32. The average molecular weight is 287 g/mol. The monoisotopic (exact) mass is 286 g/mol. The van der Waals surface area contributed by atoms with E-state index < -0.39 is 0 Å². The predicted molar refractivity (Wildman–Crippen MR) is 72.6 cm³/mol. The van der Waals surface area contributed by atoms with Crippen molar-refractivity contribution in [1.29, 1.82) is 0 Å². The summed E-state index contributed by atoms with van der Waals surface area (Å²) in [5.74, 6) is 0.734. The number of nitrogens with zero attached hydrogens (tertiary/aromatic N) is 2. The summed E-state index contributed by atoms with van der Waals surface area (Å²) in [5, 5.41) is 3.26. The molecule has 0 aromatic carbocycles. The molecule has 0 aliphatic heterocycles. The quantitative estimate of drug-likeness (QED) is 0.891. The summed E-state index contributed by atoms with van der Waals surface area (Å²) >= 11 is 3.33. The minimum absolute atomic E-state index is 0.0567. The number of pyridine rings is 1. The van der Waals surface area contributed by atoms with Gasteiger partial charge in [0, 0.05) is 22.8 Å². The van der Waals surface area contributed by atoms with Crippen molar-refractivity contribution in [2.24, 2.45) is 0 Å². The summed E-state index contributed by atoms with van der Waals surface area (Å²) in [6, 6.07) is 1.85. The number of rotatable bonds is 4. The van der Waals surface area contributed by atoms with Crippen LogP contribution in [0.4, 0.5) is 11.5 Å². The molecule has 0 atom stereocenters. The Morgan fingerprint density at radius 2 is 2.12 bits per heavy atom. The number of hydrogen-bond acceptors (Lipinski definition) is 4. The first-order valence-corrected chi connectivity index (χ1v) is 5.94. The van der Waals surface area contributed by atoms with E-state index in [1.165, 1.54) is 0 Å². The molecule has 0 spiro atoms. The SMILES string of the molecule is CN(C)C(C)(C)CNc1ncc(Br)cc1N. The molecule has 0 bridgehead atoms. The molecule has 5 heteroatoms. The zero-order chi connectivity index (χ0) is 12.3. The smallest absolute Gasteiger partial charge is 0.149 e. The van der Waals surface area contributed by atoms with Gasteiger partial charge in [0.2, 0.25) is 0 Å². The second kappa shape index (κ2) is 5.01. The molecule has 3 N–H and O–H groups in total. The number of anilines is 2. The van der Waals surface area contributed by atoms with E-state index in [4.69, 9.17) is 5.73 Å². The Morgan fingerprint density at radius 3 is 2.62 bits per heavy atom. The Hall–Kier alpha value is -0.810. The molecule has 90 valence electrons. The van der Waals surface area contributed by atoms with E-state index in [0.717, 1.165) is 16.8 Å². The molecule has 0 saturated carbocycles. The first-order chi connectivity index (χ1) is 7.33. The van der Waals surface area contributed by atoms with E-state index in [0.29, 0.717) is 5.69 Å². The molecule has 4 nitrogen and oxygen atoms in total. The lowest BCUT2D eigenvalue weighted by molar-refractivity contribution is 0.210. The summed E-state index contributed by atoms with van der Waals surface area (Å²) in [7, 11) is 4.11. The van der Waals surface area contributed by atoms with Crippen molar-refractivity contribution in [1.82, 2.24) is 9.88 Å². The Kier molecular flexibility index (Phi) is 4.15. The van der Waals surface area contributed by atoms with Crippen LogP contribution >= 0.6 is 15.9 Å². The fraction of sp³-hybridized carbons (Fsp3) is 0.545. The second-order valence-electron chi connectivity index (χ2n) is 4.65. The molecule has 0 saturated heterocycles. The van der Waals surface area contributed by atoms with Gasteiger partial charge in [-0.3, -0.25) is 0 Å². The van der Waals surface area contributed by atoms with Gasteiger partial charge < -0.3 is 16.0 Å². The maximum absolute atomic E-state index is 5.86. The fourth-order valence-corrected chi connectivity index (χ4v) is 1.41. The molecule has 0 radical (unpaired) electrons. The Balaban J connectivity index is 2.68. The van der Waals surface area contributed by atoms with Crippen LogP contribution < -0.4 is 11.1 Å². The van der Waals surface area contributed by atoms with Crippen molar-refractivity contribution in [3.63, 3.8) is 0 Å². The largest absolute Gasteiger partial charge is 0.396 e. The van der Waals surface area contributed by atoms with Gasteiger partial charge in [-0.15, -0.1) is 0 Å². The van der Waals surface area contributed by atoms with Gasteiger partial charge in [-0.05, 0) is 49.9 Å². The van der Waals surface area contributed by atoms with E-state index in [1.807, 2.05) is 6.07 Å². The molecule has 1 rings (SSSR count). The van der Waals surface area contributed by atoms with Crippen LogP contribution in [0.3, 0.4) is 0 Å². The lowest BCUT2D eigenvalue weighted by Crippen LogP contribution is -2.44. The zero-order valence-corrected chi connectivity index (χ0v) is 11.8. The molecule has 0 unspecified atom stereocenters. The molecule has 0 amide bonds. The first kappa shape index (κ1) is 13.3. The topological polar surface area (TPSA) is 54.2 Å². The van der Waals surface area contributed by atoms with Crippen LogP contribution in [0.1, 0.15) is 13.8 Å². The van der Waals surface area contributed by atoms with Crippen molar-refractivity contribution in [2.45, 2.75) is 19.4 Å². The van der Waals surface area contributed by atoms with Gasteiger partial charge in [0.1, 0.15) is 5.82 Å². The summed E-state index contributed by atoms with van der Waals surface area (Å²) in [6.07, 6.45) is 1.74. The number of halogens is 1. The van der Waals surface area contributed by atoms with E-state index in [-0.39, 0.29) is 5.54 Å². The maximum atomic E-state index is 5.86. The van der Waals surface area contributed by atoms with Gasteiger partial charge in [-0.1, -0.05) is 0 Å². The summed E-state index contributed by atoms with van der Waals surface area (Å²) in [4.78, 5) is 6.40. The highest BCUT2D eigenvalue weighted by atomic mass is 79.9. The van der Waals surface area contributed by atoms with Crippen molar-refractivity contribution in [2.75, 3.05) is 31.7 Å². The normalized spacial score (nSPS) is 11.9. The van der Waals surface area contributed by atoms with Crippen LogP contribution in [-0.4, -0.2) is 36.1 Å². The third kappa shape index (κ3) is 3.35. The van der Waals surface area contributed by atoms with Crippen LogP contribution in [0.25, 0.3) is 0 Å². The molecule has 0 fully saturated rings. The van der Waals surface area contributed by atoms with E-state index >= 15 is 0 Å². The molecular formula is C11H19BrN4. The highest BCUT2D eigenvalue weighted by Crippen LogP contribution is 2.21. The van der Waals surface area contributed by atoms with Gasteiger partial charge in [0.05, 0.1) is 5.69 Å². The lowest BCUT2D eigenvalue weighted by atomic mass is 10.0. The molecule has 1 aromatic rings. The number of nitrogens with two attached hydrogens (primary N) is 1. The molecule has 0 aliphatic rings. The van der Waals surface area contributed by atoms with Crippen LogP contribution in [0.5, 0.6) is 0 Å². The van der Waals surface area contributed by atoms with E-state index in [2.05, 4.69) is 59.1 Å². The molecule has 0 aliphatic carbocycles. The average Bonchev–Trinajstić information content (AvgIpc) is 2.16. The molecule has 16 heavy (non-hydrogen) atoms. The Bertz CT molecular complexity index is 363. The molecule has 1 heterocycles. The summed E-state index contributed by atoms with van der Waals surface area (Å²) in [5.41, 5.74) is 6.57. The van der Waals surface area contributed by atoms with Crippen LogP contribution in [0.2, 0.25) is 0 Å². The zero-order valence-electron chi connectivity index (χ0n) is 10.2. The standard InChI is InChI=1S/C11H19BrN4/c1-11(2,16(3)4)7-15-10-9(13)5-8(12)6-14-10/h5-6H,7,13H2,1-4H3,(H,14,15). The summed E-state index contributed by atoms with van der Waals surface area (Å²) < 4.78 is 0.891. The summed E-state index contributed by atoms with van der Waals surface area (Å²) in [6.45, 7) is 5.11. The first-order valence-electron chi connectivity index (χ1n) is 5.15. The molecule has 1 aromatic heterocycles. The van der Waals surface area contributed by atoms with Crippen molar-refractivity contribution in [3.05, 3.63) is 16.7 Å². The Morgan fingerprint density at radius 1 is 1.50 bits per heavy atom. The van der Waals surface area contributed by atoms with Gasteiger partial charge >= 0.3 is 0 Å². The second-order valence-corrected chi connectivity index (χ2v) is 5.57. The van der Waals surface area contributed by atoms with Crippen molar-refractivity contribution >= 4 is 27.4 Å². The molecular weight excluding hydrogens is 268 g/mol. The Labute approximate surface area is 105 Å². The fourth-order valence-electron chi connectivity index (χ4n) is 1.06. The number of hydrogen-bond donors (Lipinski definition) is 2. The maximum Gasteiger partial charge on any atom is 0.149 e. The van der Waals surface area contributed by atoms with Gasteiger partial charge in [0.25, 0.3) is 0 Å². The van der Waals surface area contributed by atoms with Crippen molar-refractivity contribution in [3.8, 4) is 0 Å². The van der Waals surface area contributed by atoms with Crippen molar-refractivity contribution < 1.29 is 0 Å². The predicted octanol–water partition coefficient (Wildman–Crippen LogP) is 2.18. The van der Waals surface area contributed by atoms with E-state index in [1.54, 1.807) is 6.20 Å². The third-order valence-corrected chi connectivity index (χ3v) is 3.22. The van der Waals surface area contributed by atoms with E-state index in [9.17, 15) is 0 Å². The number of likely N-dealkylation sites (N-methyl/N-ethyl adjacent to an activating group) is 1. The van der Waals surface area contributed by atoms with Gasteiger partial charge in [0.15, 0.2) is 0 Å². The minimum Gasteiger partial charge on any atom is -0.396 e. The highest BCUT2D eigenvalue weighted by Gasteiger charge is 2.20. The van der Waals surface area contributed by atoms with Gasteiger partial charge in [-0.2, -0.15) is 0 Å².